The van der Waals surface area contributed by atoms with E-state index in [1.54, 1.807) is 10.9 Å². The van der Waals surface area contributed by atoms with Crippen LogP contribution in [0, 0.1) is 0 Å². The molecule has 2 rings (SSSR count). The molecule has 0 spiro atoms. The fourth-order valence-corrected chi connectivity index (χ4v) is 1.93. The second kappa shape index (κ2) is 3.53. The van der Waals surface area contributed by atoms with Gasteiger partial charge in [0, 0.05) is 17.1 Å². The Bertz CT molecular complexity index is 399. The fourth-order valence-electron chi connectivity index (χ4n) is 1.41. The van der Waals surface area contributed by atoms with Gasteiger partial charge < -0.3 is 4.74 Å². The van der Waals surface area contributed by atoms with Crippen molar-refractivity contribution in [3.63, 3.8) is 0 Å². The van der Waals surface area contributed by atoms with Gasteiger partial charge in [-0.1, -0.05) is 15.9 Å². The summed E-state index contributed by atoms with van der Waals surface area (Å²) in [5.74, 6) is -0.0220. The quantitative estimate of drug-likeness (QED) is 0.708. The van der Waals surface area contributed by atoms with Gasteiger partial charge >= 0.3 is 5.97 Å². The van der Waals surface area contributed by atoms with E-state index in [1.165, 1.54) is 13.4 Å². The van der Waals surface area contributed by atoms with Gasteiger partial charge in [-0.25, -0.2) is 9.67 Å². The molecule has 5 nitrogen and oxygen atoms in total. The predicted molar refractivity (Wildman–Crippen MR) is 52.6 cm³/mol. The van der Waals surface area contributed by atoms with Crippen LogP contribution in [-0.2, 0) is 9.53 Å². The summed E-state index contributed by atoms with van der Waals surface area (Å²) in [6, 6.07) is 0. The molecule has 1 aromatic rings. The minimum Gasteiger partial charge on any atom is -0.468 e. The summed E-state index contributed by atoms with van der Waals surface area (Å²) < 4.78 is 7.18. The van der Waals surface area contributed by atoms with Crippen LogP contribution < -0.4 is 0 Å². The first-order valence-electron chi connectivity index (χ1n) is 4.06. The number of halogens is 1. The van der Waals surface area contributed by atoms with Crippen molar-refractivity contribution in [3.05, 3.63) is 16.6 Å². The number of methoxy groups -OCH3 is 1. The van der Waals surface area contributed by atoms with Gasteiger partial charge in [-0.05, 0) is 0 Å². The maximum absolute atomic E-state index is 11.4. The van der Waals surface area contributed by atoms with Crippen molar-refractivity contribution in [2.45, 2.75) is 12.3 Å². The first kappa shape index (κ1) is 9.39. The third-order valence-corrected chi connectivity index (χ3v) is 2.59. The third kappa shape index (κ3) is 1.45. The van der Waals surface area contributed by atoms with E-state index >= 15 is 0 Å². The molecule has 6 heteroatoms. The molecule has 1 aliphatic heterocycles. The van der Waals surface area contributed by atoms with Crippen molar-refractivity contribution in [3.8, 4) is 0 Å². The van der Waals surface area contributed by atoms with Gasteiger partial charge in [0.1, 0.15) is 18.1 Å². The molecule has 0 radical (unpaired) electrons. The van der Waals surface area contributed by atoms with E-state index in [-0.39, 0.29) is 11.9 Å². The van der Waals surface area contributed by atoms with Crippen molar-refractivity contribution in [1.29, 1.82) is 0 Å². The zero-order valence-corrected chi connectivity index (χ0v) is 9.06. The third-order valence-electron chi connectivity index (χ3n) is 2.06. The SMILES string of the molecule is COC(=O)C1CC(Br)=Cn2ncnc21. The Morgan fingerprint density at radius 3 is 3.29 bits per heavy atom. The van der Waals surface area contributed by atoms with Crippen LogP contribution in [0.3, 0.4) is 0 Å². The average molecular weight is 258 g/mol. The monoisotopic (exact) mass is 257 g/mol. The van der Waals surface area contributed by atoms with Crippen LogP contribution in [-0.4, -0.2) is 27.8 Å². The Labute approximate surface area is 88.9 Å². The highest BCUT2D eigenvalue weighted by atomic mass is 79.9. The van der Waals surface area contributed by atoms with E-state index in [0.717, 1.165) is 4.48 Å². The Hall–Kier alpha value is -1.17. The van der Waals surface area contributed by atoms with E-state index in [0.29, 0.717) is 12.2 Å². The molecular weight excluding hydrogens is 250 g/mol. The molecule has 0 fully saturated rings. The minimum absolute atomic E-state index is 0.288. The highest BCUT2D eigenvalue weighted by Gasteiger charge is 2.29. The molecule has 0 amide bonds. The Morgan fingerprint density at radius 2 is 2.57 bits per heavy atom. The van der Waals surface area contributed by atoms with E-state index in [2.05, 4.69) is 26.0 Å². The number of carbonyl (C=O) groups is 1. The van der Waals surface area contributed by atoms with Crippen LogP contribution >= 0.6 is 15.9 Å². The number of ether oxygens (including phenoxy) is 1. The minimum atomic E-state index is -0.359. The van der Waals surface area contributed by atoms with Gasteiger partial charge in [0.15, 0.2) is 0 Å². The van der Waals surface area contributed by atoms with Gasteiger partial charge in [0.05, 0.1) is 7.11 Å². The summed E-state index contributed by atoms with van der Waals surface area (Å²) in [4.78, 5) is 15.4. The molecule has 1 unspecified atom stereocenters. The molecule has 2 heterocycles. The van der Waals surface area contributed by atoms with Gasteiger partial charge in [0.2, 0.25) is 0 Å². The summed E-state index contributed by atoms with van der Waals surface area (Å²) in [7, 11) is 1.37. The molecule has 0 saturated heterocycles. The van der Waals surface area contributed by atoms with Gasteiger partial charge in [-0.3, -0.25) is 4.79 Å². The molecule has 1 atom stereocenters. The number of esters is 1. The first-order valence-corrected chi connectivity index (χ1v) is 4.85. The Kier molecular flexibility index (Phi) is 2.37. The standard InChI is InChI=1S/C8H8BrN3O2/c1-14-8(13)6-2-5(9)3-12-7(6)10-4-11-12/h3-4,6H,2H2,1H3. The lowest BCUT2D eigenvalue weighted by Crippen LogP contribution is -2.21. The first-order chi connectivity index (χ1) is 6.72. The lowest BCUT2D eigenvalue weighted by Gasteiger charge is -2.17. The van der Waals surface area contributed by atoms with Crippen molar-refractivity contribution >= 4 is 28.1 Å². The van der Waals surface area contributed by atoms with Crippen molar-refractivity contribution in [2.24, 2.45) is 0 Å². The number of hydrogen-bond acceptors (Lipinski definition) is 4. The van der Waals surface area contributed by atoms with Crippen LogP contribution in [0.5, 0.6) is 0 Å². The van der Waals surface area contributed by atoms with Crippen molar-refractivity contribution < 1.29 is 9.53 Å². The smallest absolute Gasteiger partial charge is 0.316 e. The molecule has 0 aliphatic carbocycles. The number of allylic oxidation sites excluding steroid dienone is 1. The van der Waals surface area contributed by atoms with Crippen LogP contribution in [0.1, 0.15) is 18.2 Å². The second-order valence-electron chi connectivity index (χ2n) is 2.92. The van der Waals surface area contributed by atoms with E-state index < -0.39 is 0 Å². The number of aromatic nitrogens is 3. The zero-order chi connectivity index (χ0) is 10.1. The molecule has 0 saturated carbocycles. The highest BCUT2D eigenvalue weighted by Crippen LogP contribution is 2.31. The molecule has 0 bridgehead atoms. The van der Waals surface area contributed by atoms with E-state index in [4.69, 9.17) is 4.74 Å². The largest absolute Gasteiger partial charge is 0.468 e. The normalized spacial score (nSPS) is 19.9. The van der Waals surface area contributed by atoms with Gasteiger partial charge in [-0.2, -0.15) is 5.10 Å². The van der Waals surface area contributed by atoms with E-state index in [9.17, 15) is 4.79 Å². The lowest BCUT2D eigenvalue weighted by molar-refractivity contribution is -0.142. The van der Waals surface area contributed by atoms with Crippen LogP contribution in [0.2, 0.25) is 0 Å². The summed E-state index contributed by atoms with van der Waals surface area (Å²) in [5.41, 5.74) is 0. The molecule has 0 N–H and O–H groups in total. The van der Waals surface area contributed by atoms with E-state index in [1.807, 2.05) is 0 Å². The van der Waals surface area contributed by atoms with Crippen molar-refractivity contribution in [2.75, 3.05) is 7.11 Å². The molecule has 1 aliphatic rings. The average Bonchev–Trinajstić information content (AvgIpc) is 2.62. The molecule has 1 aromatic heterocycles. The zero-order valence-electron chi connectivity index (χ0n) is 7.48. The van der Waals surface area contributed by atoms with Crippen LogP contribution in [0.4, 0.5) is 0 Å². The topological polar surface area (TPSA) is 57.0 Å². The maximum atomic E-state index is 11.4. The fraction of sp³-hybridized carbons (Fsp3) is 0.375. The summed E-state index contributed by atoms with van der Waals surface area (Å²) in [6.45, 7) is 0. The molecular formula is C8H8BrN3O2. The van der Waals surface area contributed by atoms with Gasteiger partial charge in [-0.15, -0.1) is 0 Å². The number of hydrogen-bond donors (Lipinski definition) is 0. The Balaban J connectivity index is 2.40. The number of carbonyl (C=O) groups excluding carboxylic acids is 1. The Morgan fingerprint density at radius 1 is 1.79 bits per heavy atom. The predicted octanol–water partition coefficient (Wildman–Crippen LogP) is 1.13. The molecule has 74 valence electrons. The molecule has 14 heavy (non-hydrogen) atoms. The highest BCUT2D eigenvalue weighted by molar-refractivity contribution is 9.11. The van der Waals surface area contributed by atoms with Crippen LogP contribution in [0.25, 0.3) is 6.20 Å². The van der Waals surface area contributed by atoms with Crippen molar-refractivity contribution in [1.82, 2.24) is 14.8 Å². The van der Waals surface area contributed by atoms with Gasteiger partial charge in [0.25, 0.3) is 0 Å². The lowest BCUT2D eigenvalue weighted by atomic mass is 10.0. The number of rotatable bonds is 1. The summed E-state index contributed by atoms with van der Waals surface area (Å²) in [6.07, 6.45) is 3.79. The number of nitrogens with zero attached hydrogens (tertiary/aromatic N) is 3. The van der Waals surface area contributed by atoms with Crippen LogP contribution in [0.15, 0.2) is 10.8 Å². The number of fused-ring (bicyclic) bond motifs is 1. The maximum Gasteiger partial charge on any atom is 0.316 e. The molecule has 0 aromatic carbocycles. The summed E-state index contributed by atoms with van der Waals surface area (Å²) >= 11 is 3.35. The second-order valence-corrected chi connectivity index (χ2v) is 3.94. The summed E-state index contributed by atoms with van der Waals surface area (Å²) in [5, 5.41) is 3.97.